The number of thiophene rings is 1. The second-order valence-corrected chi connectivity index (χ2v) is 8.60. The highest BCUT2D eigenvalue weighted by Crippen LogP contribution is 2.33. The number of nitrogens with zero attached hydrogens (tertiary/aromatic N) is 3. The van der Waals surface area contributed by atoms with E-state index in [-0.39, 0.29) is 20.7 Å². The van der Waals surface area contributed by atoms with Crippen LogP contribution in [0.5, 0.6) is 0 Å². The maximum Gasteiger partial charge on any atom is 0.349 e. The van der Waals surface area contributed by atoms with Gasteiger partial charge in [0.15, 0.2) is 0 Å². The molecule has 3 heterocycles. The van der Waals surface area contributed by atoms with Gasteiger partial charge in [0.25, 0.3) is 0 Å². The monoisotopic (exact) mass is 375 g/mol. The van der Waals surface area contributed by atoms with Crippen molar-refractivity contribution in [3.05, 3.63) is 33.5 Å². The molecule has 0 atom stereocenters. The van der Waals surface area contributed by atoms with Crippen molar-refractivity contribution >= 4 is 38.9 Å². The van der Waals surface area contributed by atoms with Gasteiger partial charge in [-0.05, 0) is 12.5 Å². The molecule has 0 fully saturated rings. The summed E-state index contributed by atoms with van der Waals surface area (Å²) in [6.45, 7) is 1.27. The predicted molar refractivity (Wildman–Crippen MR) is 85.1 cm³/mol. The van der Waals surface area contributed by atoms with Gasteiger partial charge in [0.05, 0.1) is 30.0 Å². The fourth-order valence-corrected chi connectivity index (χ4v) is 5.63. The molecule has 23 heavy (non-hydrogen) atoms. The Bertz CT molecular complexity index is 843. The van der Waals surface area contributed by atoms with Crippen LogP contribution in [0, 0.1) is 0 Å². The van der Waals surface area contributed by atoms with Gasteiger partial charge in [-0.1, -0.05) is 11.6 Å². The number of aryl methyl sites for hydroxylation is 1. The molecule has 0 amide bonds. The van der Waals surface area contributed by atoms with Gasteiger partial charge < -0.3 is 9.30 Å². The van der Waals surface area contributed by atoms with Crippen LogP contribution in [0.2, 0.25) is 4.34 Å². The molecule has 0 spiro atoms. The number of esters is 1. The molecule has 1 aliphatic rings. The number of sulfonamides is 1. The van der Waals surface area contributed by atoms with Gasteiger partial charge in [0.2, 0.25) is 10.0 Å². The maximum atomic E-state index is 13.0. The highest BCUT2D eigenvalue weighted by atomic mass is 35.5. The van der Waals surface area contributed by atoms with Crippen molar-refractivity contribution in [3.63, 3.8) is 0 Å². The van der Waals surface area contributed by atoms with E-state index in [1.54, 1.807) is 12.5 Å². The molecule has 0 radical (unpaired) electrons. The van der Waals surface area contributed by atoms with E-state index in [1.165, 1.54) is 17.5 Å². The van der Waals surface area contributed by atoms with Crippen LogP contribution in [0.25, 0.3) is 0 Å². The minimum absolute atomic E-state index is 0.00439. The Morgan fingerprint density at radius 3 is 2.96 bits per heavy atom. The molecule has 0 N–H and O–H groups in total. The van der Waals surface area contributed by atoms with Gasteiger partial charge in [0.1, 0.15) is 9.77 Å². The highest BCUT2D eigenvalue weighted by molar-refractivity contribution is 7.89. The third kappa shape index (κ3) is 3.01. The van der Waals surface area contributed by atoms with Crippen molar-refractivity contribution < 1.29 is 17.9 Å². The van der Waals surface area contributed by atoms with Gasteiger partial charge >= 0.3 is 5.97 Å². The molecule has 2 aromatic heterocycles. The molecular formula is C13H14ClN3O4S2. The summed E-state index contributed by atoms with van der Waals surface area (Å²) in [6, 6.07) is 1.30. The smallest absolute Gasteiger partial charge is 0.349 e. The lowest BCUT2D eigenvalue weighted by Crippen LogP contribution is -2.31. The van der Waals surface area contributed by atoms with E-state index in [1.807, 2.05) is 4.57 Å². The summed E-state index contributed by atoms with van der Waals surface area (Å²) >= 11 is 6.82. The highest BCUT2D eigenvalue weighted by Gasteiger charge is 2.33. The SMILES string of the molecule is COC(=O)c1sc(Cl)cc1S(=O)(=O)N1CCCn2cncc2C1. The van der Waals surface area contributed by atoms with Crippen molar-refractivity contribution in [2.45, 2.75) is 24.4 Å². The van der Waals surface area contributed by atoms with Gasteiger partial charge in [-0.25, -0.2) is 18.2 Å². The standard InChI is InChI=1S/C13H14ClN3O4S2/c1-21-13(18)12-10(5-11(14)22-12)23(19,20)17-4-2-3-16-8-15-6-9(16)7-17/h5-6,8H,2-4,7H2,1H3. The van der Waals surface area contributed by atoms with E-state index in [4.69, 9.17) is 11.6 Å². The molecule has 2 aromatic rings. The maximum absolute atomic E-state index is 13.0. The number of carbonyl (C=O) groups is 1. The number of hydrogen-bond donors (Lipinski definition) is 0. The van der Waals surface area contributed by atoms with E-state index in [0.717, 1.165) is 17.0 Å². The Labute approximate surface area is 142 Å². The van der Waals surface area contributed by atoms with Crippen LogP contribution in [-0.2, 0) is 27.8 Å². The van der Waals surface area contributed by atoms with Crippen LogP contribution in [-0.4, -0.2) is 41.9 Å². The van der Waals surface area contributed by atoms with Crippen LogP contribution < -0.4 is 0 Å². The normalized spacial score (nSPS) is 15.9. The van der Waals surface area contributed by atoms with Crippen molar-refractivity contribution in [2.75, 3.05) is 13.7 Å². The van der Waals surface area contributed by atoms with Crippen molar-refractivity contribution in [1.29, 1.82) is 0 Å². The van der Waals surface area contributed by atoms with Gasteiger partial charge in [-0.3, -0.25) is 0 Å². The van der Waals surface area contributed by atoms with Crippen LogP contribution in [0.3, 0.4) is 0 Å². The zero-order chi connectivity index (χ0) is 16.6. The Morgan fingerprint density at radius 2 is 2.22 bits per heavy atom. The minimum Gasteiger partial charge on any atom is -0.465 e. The lowest BCUT2D eigenvalue weighted by Gasteiger charge is -2.19. The summed E-state index contributed by atoms with van der Waals surface area (Å²) in [7, 11) is -2.65. The quantitative estimate of drug-likeness (QED) is 0.766. The van der Waals surface area contributed by atoms with E-state index < -0.39 is 16.0 Å². The van der Waals surface area contributed by atoms with Crippen molar-refractivity contribution in [2.24, 2.45) is 0 Å². The Hall–Kier alpha value is -1.42. The van der Waals surface area contributed by atoms with Crippen LogP contribution >= 0.6 is 22.9 Å². The number of halogens is 1. The summed E-state index contributed by atoms with van der Waals surface area (Å²) < 4.78 is 34.1. The number of imidazole rings is 1. The number of methoxy groups -OCH3 is 1. The summed E-state index contributed by atoms with van der Waals surface area (Å²) in [6.07, 6.45) is 4.00. The predicted octanol–water partition coefficient (Wildman–Crippen LogP) is 1.98. The number of hydrogen-bond acceptors (Lipinski definition) is 6. The number of fused-ring (bicyclic) bond motifs is 1. The van der Waals surface area contributed by atoms with Crippen LogP contribution in [0.1, 0.15) is 21.8 Å². The second kappa shape index (κ2) is 6.23. The third-order valence-corrected chi connectivity index (χ3v) is 6.84. The van der Waals surface area contributed by atoms with E-state index in [9.17, 15) is 13.2 Å². The van der Waals surface area contributed by atoms with E-state index in [2.05, 4.69) is 9.72 Å². The molecule has 0 saturated carbocycles. The fraction of sp³-hybridized carbons (Fsp3) is 0.385. The molecular weight excluding hydrogens is 362 g/mol. The molecule has 3 rings (SSSR count). The molecule has 10 heteroatoms. The van der Waals surface area contributed by atoms with Crippen LogP contribution in [0.15, 0.2) is 23.5 Å². The van der Waals surface area contributed by atoms with Gasteiger partial charge in [-0.2, -0.15) is 4.31 Å². The molecule has 124 valence electrons. The first-order chi connectivity index (χ1) is 10.9. The van der Waals surface area contributed by atoms with Crippen LogP contribution in [0.4, 0.5) is 0 Å². The van der Waals surface area contributed by atoms with Gasteiger partial charge in [0, 0.05) is 19.3 Å². The Morgan fingerprint density at radius 1 is 1.43 bits per heavy atom. The van der Waals surface area contributed by atoms with E-state index in [0.29, 0.717) is 19.5 Å². The Kier molecular flexibility index (Phi) is 4.45. The molecule has 7 nitrogen and oxygen atoms in total. The number of ether oxygens (including phenoxy) is 1. The van der Waals surface area contributed by atoms with E-state index >= 15 is 0 Å². The van der Waals surface area contributed by atoms with Gasteiger partial charge in [-0.15, -0.1) is 11.3 Å². The average Bonchev–Trinajstić information content (AvgIpc) is 3.07. The largest absolute Gasteiger partial charge is 0.465 e. The molecule has 0 bridgehead atoms. The van der Waals surface area contributed by atoms with Crippen molar-refractivity contribution in [3.8, 4) is 0 Å². The average molecular weight is 376 g/mol. The number of rotatable bonds is 3. The lowest BCUT2D eigenvalue weighted by atomic mass is 10.4. The Balaban J connectivity index is 2.01. The minimum atomic E-state index is -3.85. The first kappa shape index (κ1) is 16.4. The first-order valence-electron chi connectivity index (χ1n) is 6.80. The summed E-state index contributed by atoms with van der Waals surface area (Å²) in [5, 5.41) is 0. The molecule has 0 unspecified atom stereocenters. The molecule has 1 aliphatic heterocycles. The topological polar surface area (TPSA) is 81.5 Å². The number of carbonyl (C=O) groups excluding carboxylic acids is 1. The molecule has 0 aromatic carbocycles. The summed E-state index contributed by atoms with van der Waals surface area (Å²) in [5.41, 5.74) is 0.812. The third-order valence-electron chi connectivity index (χ3n) is 3.60. The first-order valence-corrected chi connectivity index (χ1v) is 9.43. The second-order valence-electron chi connectivity index (χ2n) is 5.01. The fourth-order valence-electron chi connectivity index (χ4n) is 2.47. The van der Waals surface area contributed by atoms with Crippen molar-refractivity contribution in [1.82, 2.24) is 13.9 Å². The zero-order valence-corrected chi connectivity index (χ0v) is 14.6. The zero-order valence-electron chi connectivity index (χ0n) is 12.2. The molecule has 0 saturated heterocycles. The molecule has 0 aliphatic carbocycles. The summed E-state index contributed by atoms with van der Waals surface area (Å²) in [5.74, 6) is -0.708. The lowest BCUT2D eigenvalue weighted by molar-refractivity contribution is 0.0602. The summed E-state index contributed by atoms with van der Waals surface area (Å²) in [4.78, 5) is 15.8. The number of aromatic nitrogens is 2.